The monoisotopic (exact) mass is 390 g/mol. The molecule has 3 aromatic rings. The topological polar surface area (TPSA) is 75.9 Å². The fourth-order valence-corrected chi connectivity index (χ4v) is 4.35. The number of nitrogens with one attached hydrogen (secondary N) is 1. The normalized spacial score (nSPS) is 19.3. The van der Waals surface area contributed by atoms with Crippen molar-refractivity contribution >= 4 is 16.9 Å². The number of fused-ring (bicyclic) bond motifs is 2. The minimum atomic E-state index is 0.173. The molecule has 0 bridgehead atoms. The Morgan fingerprint density at radius 2 is 2.14 bits per heavy atom. The average molecular weight is 390 g/mol. The minimum absolute atomic E-state index is 0.173. The van der Waals surface area contributed by atoms with Gasteiger partial charge in [0.15, 0.2) is 0 Å². The summed E-state index contributed by atoms with van der Waals surface area (Å²) >= 11 is 0. The number of imidazole rings is 1. The third kappa shape index (κ3) is 3.74. The van der Waals surface area contributed by atoms with E-state index in [9.17, 15) is 4.79 Å². The van der Waals surface area contributed by atoms with Crippen molar-refractivity contribution in [1.29, 1.82) is 0 Å². The molecule has 7 heteroatoms. The van der Waals surface area contributed by atoms with E-state index >= 15 is 0 Å². The number of aromatic nitrogens is 4. The number of carbonyl (C=O) groups is 1. The third-order valence-electron chi connectivity index (χ3n) is 6.02. The number of hydrogen-bond acceptors (Lipinski definition) is 5. The van der Waals surface area contributed by atoms with Gasteiger partial charge in [-0.05, 0) is 31.5 Å². The van der Waals surface area contributed by atoms with Crippen LogP contribution in [-0.2, 0) is 24.3 Å². The van der Waals surface area contributed by atoms with Crippen molar-refractivity contribution in [3.05, 3.63) is 53.9 Å². The number of aryl methyl sites for hydroxylation is 1. The summed E-state index contributed by atoms with van der Waals surface area (Å²) in [6, 6.07) is 8.29. The second-order valence-electron chi connectivity index (χ2n) is 7.94. The fraction of sp³-hybridized carbons (Fsp3) is 0.455. The molecule has 1 saturated heterocycles. The molecule has 1 N–H and O–H groups in total. The smallest absolute Gasteiger partial charge is 0.224 e. The van der Waals surface area contributed by atoms with Gasteiger partial charge in [-0.1, -0.05) is 18.6 Å². The first-order valence-electron chi connectivity index (χ1n) is 10.5. The van der Waals surface area contributed by atoms with Gasteiger partial charge < -0.3 is 14.8 Å². The Morgan fingerprint density at radius 1 is 1.21 bits per heavy atom. The van der Waals surface area contributed by atoms with Gasteiger partial charge in [-0.15, -0.1) is 0 Å². The molecule has 2 aliphatic rings. The highest BCUT2D eigenvalue weighted by Crippen LogP contribution is 2.23. The van der Waals surface area contributed by atoms with E-state index in [1.165, 1.54) is 12.8 Å². The predicted molar refractivity (Wildman–Crippen MR) is 110 cm³/mol. The molecule has 5 rings (SSSR count). The van der Waals surface area contributed by atoms with Crippen molar-refractivity contribution in [3.63, 3.8) is 0 Å². The number of benzene rings is 1. The van der Waals surface area contributed by atoms with Crippen LogP contribution < -0.4 is 5.32 Å². The number of amides is 1. The first kappa shape index (κ1) is 18.2. The van der Waals surface area contributed by atoms with Crippen molar-refractivity contribution in [1.82, 2.24) is 29.7 Å². The number of piperidine rings is 1. The van der Waals surface area contributed by atoms with E-state index in [-0.39, 0.29) is 11.9 Å². The lowest BCUT2D eigenvalue weighted by atomic mass is 10.0. The maximum Gasteiger partial charge on any atom is 0.224 e. The first-order valence-corrected chi connectivity index (χ1v) is 10.5. The molecule has 2 aliphatic heterocycles. The fourth-order valence-electron chi connectivity index (χ4n) is 4.35. The number of rotatable bonds is 4. The van der Waals surface area contributed by atoms with Gasteiger partial charge in [0.1, 0.15) is 5.82 Å². The van der Waals surface area contributed by atoms with Crippen LogP contribution in [0.25, 0.3) is 11.0 Å². The Labute approximate surface area is 170 Å². The molecule has 0 spiro atoms. The largest absolute Gasteiger partial charge is 0.338 e. The van der Waals surface area contributed by atoms with Gasteiger partial charge in [-0.2, -0.15) is 0 Å². The Kier molecular flexibility index (Phi) is 4.97. The minimum Gasteiger partial charge on any atom is -0.338 e. The van der Waals surface area contributed by atoms with Crippen molar-refractivity contribution in [3.8, 4) is 0 Å². The van der Waals surface area contributed by atoms with Crippen LogP contribution in [0.2, 0.25) is 0 Å². The molecular formula is C22H26N6O. The highest BCUT2D eigenvalue weighted by atomic mass is 16.2. The molecule has 2 aromatic heterocycles. The van der Waals surface area contributed by atoms with Crippen molar-refractivity contribution in [2.24, 2.45) is 0 Å². The van der Waals surface area contributed by atoms with Gasteiger partial charge in [0.05, 0.1) is 29.1 Å². The van der Waals surface area contributed by atoms with E-state index in [1.807, 2.05) is 41.7 Å². The van der Waals surface area contributed by atoms with E-state index in [2.05, 4.69) is 19.9 Å². The molecule has 4 heterocycles. The van der Waals surface area contributed by atoms with Crippen LogP contribution in [0.5, 0.6) is 0 Å². The molecule has 1 amide bonds. The summed E-state index contributed by atoms with van der Waals surface area (Å²) in [7, 11) is 0. The van der Waals surface area contributed by atoms with E-state index in [4.69, 9.17) is 4.98 Å². The Morgan fingerprint density at radius 3 is 3.03 bits per heavy atom. The quantitative estimate of drug-likeness (QED) is 0.741. The zero-order chi connectivity index (χ0) is 19.6. The molecule has 7 nitrogen and oxygen atoms in total. The molecule has 0 saturated carbocycles. The lowest BCUT2D eigenvalue weighted by molar-refractivity contribution is -0.132. The Balaban J connectivity index is 1.22. The second-order valence-corrected chi connectivity index (χ2v) is 7.94. The lowest BCUT2D eigenvalue weighted by Gasteiger charge is -2.29. The summed E-state index contributed by atoms with van der Waals surface area (Å²) in [5.41, 5.74) is 4.22. The van der Waals surface area contributed by atoms with E-state index < -0.39 is 0 Å². The molecule has 0 radical (unpaired) electrons. The molecule has 1 aromatic carbocycles. The van der Waals surface area contributed by atoms with Crippen LogP contribution in [-0.4, -0.2) is 43.4 Å². The van der Waals surface area contributed by atoms with Crippen LogP contribution in [0.15, 0.2) is 36.8 Å². The predicted octanol–water partition coefficient (Wildman–Crippen LogP) is 2.62. The van der Waals surface area contributed by atoms with Crippen molar-refractivity contribution in [2.75, 3.05) is 13.1 Å². The summed E-state index contributed by atoms with van der Waals surface area (Å²) in [5, 5.41) is 3.51. The standard InChI is InChI=1S/C22H26N6O/c29-21(9-12-28-15-25-18-5-1-2-7-20(18)28)27-11-8-17-16(14-27)13-24-22(26-17)19-6-3-4-10-23-19/h1-2,5,7,13,15,19,23H,3-4,6,8-12,14H2. The summed E-state index contributed by atoms with van der Waals surface area (Å²) < 4.78 is 2.05. The molecule has 1 fully saturated rings. The van der Waals surface area contributed by atoms with E-state index in [1.54, 1.807) is 0 Å². The highest BCUT2D eigenvalue weighted by molar-refractivity contribution is 5.77. The van der Waals surface area contributed by atoms with Crippen molar-refractivity contribution in [2.45, 2.75) is 51.2 Å². The third-order valence-corrected chi connectivity index (χ3v) is 6.02. The van der Waals surface area contributed by atoms with Crippen molar-refractivity contribution < 1.29 is 4.79 Å². The molecule has 0 aliphatic carbocycles. The molecule has 29 heavy (non-hydrogen) atoms. The summed E-state index contributed by atoms with van der Waals surface area (Å²) in [6.45, 7) is 3.02. The summed E-state index contributed by atoms with van der Waals surface area (Å²) in [4.78, 5) is 28.6. The second kappa shape index (κ2) is 7.91. The molecular weight excluding hydrogens is 364 g/mol. The zero-order valence-corrected chi connectivity index (χ0v) is 16.5. The lowest BCUT2D eigenvalue weighted by Crippen LogP contribution is -2.37. The maximum atomic E-state index is 12.8. The Bertz CT molecular complexity index is 1020. The van der Waals surface area contributed by atoms with E-state index in [0.717, 1.165) is 54.0 Å². The first-order chi connectivity index (χ1) is 14.3. The average Bonchev–Trinajstić information content (AvgIpc) is 3.20. The van der Waals surface area contributed by atoms with Crippen LogP contribution in [0, 0.1) is 0 Å². The van der Waals surface area contributed by atoms with Gasteiger partial charge in [0.25, 0.3) is 0 Å². The van der Waals surface area contributed by atoms with Crippen LogP contribution >= 0.6 is 0 Å². The highest BCUT2D eigenvalue weighted by Gasteiger charge is 2.24. The number of nitrogens with zero attached hydrogens (tertiary/aromatic N) is 5. The van der Waals surface area contributed by atoms with Gasteiger partial charge in [0, 0.05) is 44.2 Å². The van der Waals surface area contributed by atoms with Gasteiger partial charge in [-0.3, -0.25) is 4.79 Å². The summed E-state index contributed by atoms with van der Waals surface area (Å²) in [6.07, 6.45) is 8.58. The Hall–Kier alpha value is -2.80. The SMILES string of the molecule is O=C(CCn1cnc2ccccc21)N1CCc2nc(C3CCCCN3)ncc2C1. The van der Waals surface area contributed by atoms with Crippen LogP contribution in [0.3, 0.4) is 0 Å². The van der Waals surface area contributed by atoms with Gasteiger partial charge in [-0.25, -0.2) is 15.0 Å². The summed E-state index contributed by atoms with van der Waals surface area (Å²) in [5.74, 6) is 1.08. The molecule has 1 atom stereocenters. The van der Waals surface area contributed by atoms with Gasteiger partial charge in [0.2, 0.25) is 5.91 Å². The van der Waals surface area contributed by atoms with Crippen LogP contribution in [0.4, 0.5) is 0 Å². The van der Waals surface area contributed by atoms with Crippen LogP contribution in [0.1, 0.15) is 48.8 Å². The molecule has 150 valence electrons. The van der Waals surface area contributed by atoms with E-state index in [0.29, 0.717) is 19.5 Å². The maximum absolute atomic E-state index is 12.8. The number of para-hydroxylation sites is 2. The number of hydrogen-bond donors (Lipinski definition) is 1. The number of carbonyl (C=O) groups excluding carboxylic acids is 1. The zero-order valence-electron chi connectivity index (χ0n) is 16.5. The van der Waals surface area contributed by atoms with Gasteiger partial charge >= 0.3 is 0 Å². The molecule has 1 unspecified atom stereocenters.